The number of anilines is 1. The summed E-state index contributed by atoms with van der Waals surface area (Å²) in [5.74, 6) is 1.25. The van der Waals surface area contributed by atoms with Crippen LogP contribution >= 0.6 is 12.4 Å². The van der Waals surface area contributed by atoms with Gasteiger partial charge in [-0.3, -0.25) is 4.79 Å². The summed E-state index contributed by atoms with van der Waals surface area (Å²) in [6.45, 7) is 0.790. The molecular weight excluding hydrogens is 316 g/mol. The molecule has 7 heteroatoms. The number of nitrogens with two attached hydrogens (primary N) is 1. The van der Waals surface area contributed by atoms with Crippen LogP contribution in [0.3, 0.4) is 0 Å². The Balaban J connectivity index is 0.00000156. The summed E-state index contributed by atoms with van der Waals surface area (Å²) in [6, 6.07) is 7.65. The Hall–Kier alpha value is -1.92. The Morgan fingerprint density at radius 2 is 1.91 bits per heavy atom. The second kappa shape index (κ2) is 5.94. The van der Waals surface area contributed by atoms with E-state index in [1.54, 1.807) is 0 Å². The van der Waals surface area contributed by atoms with Crippen LogP contribution in [0, 0.1) is 0 Å². The van der Waals surface area contributed by atoms with E-state index in [1.807, 2.05) is 29.2 Å². The van der Waals surface area contributed by atoms with Gasteiger partial charge in [-0.05, 0) is 49.9 Å². The van der Waals surface area contributed by atoms with Crippen molar-refractivity contribution in [3.63, 3.8) is 0 Å². The molecule has 2 heterocycles. The van der Waals surface area contributed by atoms with Crippen LogP contribution in [-0.2, 0) is 10.3 Å². The van der Waals surface area contributed by atoms with Crippen LogP contribution in [0.1, 0.15) is 37.9 Å². The van der Waals surface area contributed by atoms with Crippen LogP contribution in [0.4, 0.5) is 5.69 Å². The molecule has 1 aliphatic carbocycles. The molecule has 2 fully saturated rings. The highest BCUT2D eigenvalue weighted by molar-refractivity contribution is 5.95. The molecule has 2 aromatic rings. The smallest absolute Gasteiger partial charge is 0.257 e. The third kappa shape index (κ3) is 2.72. The van der Waals surface area contributed by atoms with Gasteiger partial charge in [-0.1, -0.05) is 5.16 Å². The van der Waals surface area contributed by atoms with E-state index in [0.717, 1.165) is 43.5 Å². The standard InChI is InChI=1S/C16H18N4O2.ClH/c17-16(8-2-9-16)15-18-14(22-19-15)11-4-6-12(7-5-11)20-10-1-3-13(20)21;/h4-7H,1-3,8-10,17H2;1H. The van der Waals surface area contributed by atoms with Crippen molar-refractivity contribution in [1.29, 1.82) is 0 Å². The number of hydrogen-bond donors (Lipinski definition) is 1. The van der Waals surface area contributed by atoms with Crippen molar-refractivity contribution < 1.29 is 9.32 Å². The van der Waals surface area contributed by atoms with Gasteiger partial charge in [0.1, 0.15) is 0 Å². The number of halogens is 1. The van der Waals surface area contributed by atoms with E-state index >= 15 is 0 Å². The first-order valence-corrected chi connectivity index (χ1v) is 7.70. The second-order valence-electron chi connectivity index (χ2n) is 6.13. The quantitative estimate of drug-likeness (QED) is 0.932. The van der Waals surface area contributed by atoms with Crippen molar-refractivity contribution in [2.75, 3.05) is 11.4 Å². The van der Waals surface area contributed by atoms with Gasteiger partial charge in [0, 0.05) is 24.2 Å². The van der Waals surface area contributed by atoms with Gasteiger partial charge in [0.05, 0.1) is 5.54 Å². The lowest BCUT2D eigenvalue weighted by atomic mass is 9.77. The number of carbonyl (C=O) groups is 1. The van der Waals surface area contributed by atoms with Crippen molar-refractivity contribution in [3.05, 3.63) is 30.1 Å². The minimum atomic E-state index is -0.413. The number of amides is 1. The van der Waals surface area contributed by atoms with E-state index < -0.39 is 5.54 Å². The maximum absolute atomic E-state index is 11.8. The molecule has 0 radical (unpaired) electrons. The molecule has 0 unspecified atom stereocenters. The van der Waals surface area contributed by atoms with Crippen molar-refractivity contribution in [3.8, 4) is 11.5 Å². The Bertz CT molecular complexity index is 709. The number of benzene rings is 1. The SMILES string of the molecule is Cl.NC1(c2noc(-c3ccc(N4CCCC4=O)cc3)n2)CCC1. The first-order chi connectivity index (χ1) is 10.7. The molecular formula is C16H19ClN4O2. The fourth-order valence-electron chi connectivity index (χ4n) is 3.03. The summed E-state index contributed by atoms with van der Waals surface area (Å²) < 4.78 is 5.34. The second-order valence-corrected chi connectivity index (χ2v) is 6.13. The van der Waals surface area contributed by atoms with E-state index in [1.165, 1.54) is 0 Å². The Kier molecular flexibility index (Phi) is 4.12. The van der Waals surface area contributed by atoms with Crippen LogP contribution in [0.25, 0.3) is 11.5 Å². The molecule has 23 heavy (non-hydrogen) atoms. The fraction of sp³-hybridized carbons (Fsp3) is 0.438. The third-order valence-corrected chi connectivity index (χ3v) is 4.62. The van der Waals surface area contributed by atoms with Gasteiger partial charge in [-0.25, -0.2) is 0 Å². The van der Waals surface area contributed by atoms with E-state index in [4.69, 9.17) is 10.3 Å². The van der Waals surface area contributed by atoms with Crippen LogP contribution in [-0.4, -0.2) is 22.6 Å². The molecule has 1 aromatic carbocycles. The van der Waals surface area contributed by atoms with Crippen molar-refractivity contribution in [1.82, 2.24) is 10.1 Å². The first-order valence-electron chi connectivity index (χ1n) is 7.70. The largest absolute Gasteiger partial charge is 0.334 e. The lowest BCUT2D eigenvalue weighted by molar-refractivity contribution is -0.117. The normalized spacial score (nSPS) is 19.3. The van der Waals surface area contributed by atoms with Crippen molar-refractivity contribution >= 4 is 24.0 Å². The highest BCUT2D eigenvalue weighted by Crippen LogP contribution is 2.37. The highest BCUT2D eigenvalue weighted by atomic mass is 35.5. The molecule has 6 nitrogen and oxygen atoms in total. The number of nitrogens with zero attached hydrogens (tertiary/aromatic N) is 3. The lowest BCUT2D eigenvalue weighted by Gasteiger charge is -2.34. The van der Waals surface area contributed by atoms with Gasteiger partial charge in [0.25, 0.3) is 5.89 Å². The molecule has 4 rings (SSSR count). The number of aromatic nitrogens is 2. The molecule has 0 atom stereocenters. The zero-order chi connectivity index (χ0) is 15.2. The van der Waals surface area contributed by atoms with Gasteiger partial charge in [0.15, 0.2) is 5.82 Å². The summed E-state index contributed by atoms with van der Waals surface area (Å²) >= 11 is 0. The summed E-state index contributed by atoms with van der Waals surface area (Å²) in [4.78, 5) is 18.0. The van der Waals surface area contributed by atoms with Gasteiger partial charge < -0.3 is 15.2 Å². The summed E-state index contributed by atoms with van der Waals surface area (Å²) in [5.41, 5.74) is 7.56. The van der Waals surface area contributed by atoms with Crippen LogP contribution in [0.2, 0.25) is 0 Å². The Labute approximate surface area is 140 Å². The molecule has 0 bridgehead atoms. The first kappa shape index (κ1) is 16.0. The van der Waals surface area contributed by atoms with Gasteiger partial charge in [0.2, 0.25) is 5.91 Å². The summed E-state index contributed by atoms with van der Waals surface area (Å²) in [6.07, 6.45) is 4.47. The molecule has 1 saturated heterocycles. The van der Waals surface area contributed by atoms with Crippen LogP contribution in [0.5, 0.6) is 0 Å². The average Bonchev–Trinajstić information content (AvgIpc) is 3.14. The topological polar surface area (TPSA) is 85.2 Å². The predicted octanol–water partition coefficient (Wildman–Crippen LogP) is 2.62. The number of rotatable bonds is 3. The molecule has 1 aliphatic heterocycles. The zero-order valence-electron chi connectivity index (χ0n) is 12.7. The van der Waals surface area contributed by atoms with Gasteiger partial charge >= 0.3 is 0 Å². The van der Waals surface area contributed by atoms with Gasteiger partial charge in [-0.15, -0.1) is 12.4 Å². The zero-order valence-corrected chi connectivity index (χ0v) is 13.5. The third-order valence-electron chi connectivity index (χ3n) is 4.62. The molecule has 1 amide bonds. The predicted molar refractivity (Wildman–Crippen MR) is 88.3 cm³/mol. The maximum Gasteiger partial charge on any atom is 0.257 e. The number of carbonyl (C=O) groups excluding carboxylic acids is 1. The summed E-state index contributed by atoms with van der Waals surface area (Å²) in [5, 5.41) is 4.02. The van der Waals surface area contributed by atoms with E-state index in [2.05, 4.69) is 10.1 Å². The minimum Gasteiger partial charge on any atom is -0.334 e. The molecule has 122 valence electrons. The number of hydrogen-bond acceptors (Lipinski definition) is 5. The molecule has 0 spiro atoms. The van der Waals surface area contributed by atoms with E-state index in [0.29, 0.717) is 18.1 Å². The van der Waals surface area contributed by atoms with Crippen LogP contribution in [0.15, 0.2) is 28.8 Å². The molecule has 2 aliphatic rings. The summed E-state index contributed by atoms with van der Waals surface area (Å²) in [7, 11) is 0. The lowest BCUT2D eigenvalue weighted by Crippen LogP contribution is -2.44. The van der Waals surface area contributed by atoms with Gasteiger partial charge in [-0.2, -0.15) is 4.98 Å². The van der Waals surface area contributed by atoms with Crippen LogP contribution < -0.4 is 10.6 Å². The van der Waals surface area contributed by atoms with Crippen molar-refractivity contribution in [2.24, 2.45) is 5.73 Å². The van der Waals surface area contributed by atoms with E-state index in [-0.39, 0.29) is 18.3 Å². The molecule has 1 aromatic heterocycles. The van der Waals surface area contributed by atoms with E-state index in [9.17, 15) is 4.79 Å². The monoisotopic (exact) mass is 334 g/mol. The molecule has 2 N–H and O–H groups in total. The Morgan fingerprint density at radius 1 is 1.17 bits per heavy atom. The average molecular weight is 335 g/mol. The van der Waals surface area contributed by atoms with Crippen molar-refractivity contribution in [2.45, 2.75) is 37.6 Å². The maximum atomic E-state index is 11.8. The Morgan fingerprint density at radius 3 is 2.48 bits per heavy atom. The minimum absolute atomic E-state index is 0. The fourth-order valence-corrected chi connectivity index (χ4v) is 3.03. The molecule has 1 saturated carbocycles. The highest BCUT2D eigenvalue weighted by Gasteiger charge is 2.39.